The lowest BCUT2D eigenvalue weighted by molar-refractivity contribution is -0.136. The molecule has 0 aromatic rings. The number of carbonyl (C=O) groups excluding carboxylic acids is 3. The Morgan fingerprint density at radius 1 is 1.26 bits per heavy atom. The highest BCUT2D eigenvalue weighted by atomic mass is 32.2. The third kappa shape index (κ3) is 4.50. The maximum Gasteiger partial charge on any atom is 0.249 e. The molecule has 0 aromatic heterocycles. The van der Waals surface area contributed by atoms with Crippen molar-refractivity contribution in [1.82, 2.24) is 16.0 Å². The van der Waals surface area contributed by atoms with E-state index < -0.39 is 11.9 Å². The van der Waals surface area contributed by atoms with E-state index in [1.54, 1.807) is 11.8 Å². The van der Waals surface area contributed by atoms with Crippen molar-refractivity contribution >= 4 is 29.5 Å². The van der Waals surface area contributed by atoms with Crippen LogP contribution in [0, 0.1) is 0 Å². The van der Waals surface area contributed by atoms with Crippen molar-refractivity contribution in [1.29, 1.82) is 0 Å². The summed E-state index contributed by atoms with van der Waals surface area (Å²) in [5.41, 5.74) is 0. The van der Waals surface area contributed by atoms with E-state index in [1.807, 2.05) is 0 Å². The monoisotopic (exact) mass is 285 g/mol. The minimum Gasteiger partial charge on any atom is -0.344 e. The zero-order chi connectivity index (χ0) is 13.7. The average molecular weight is 285 g/mol. The third-order valence-electron chi connectivity index (χ3n) is 3.31. The first-order valence-electron chi connectivity index (χ1n) is 6.60. The van der Waals surface area contributed by atoms with Gasteiger partial charge in [-0.1, -0.05) is 0 Å². The number of hydrogen-bond acceptors (Lipinski definition) is 5. The van der Waals surface area contributed by atoms with E-state index in [2.05, 4.69) is 16.0 Å². The van der Waals surface area contributed by atoms with Crippen LogP contribution in [-0.4, -0.2) is 47.9 Å². The third-order valence-corrected chi connectivity index (χ3v) is 4.68. The molecule has 106 valence electrons. The van der Waals surface area contributed by atoms with Gasteiger partial charge in [-0.05, 0) is 32.4 Å². The van der Waals surface area contributed by atoms with Crippen molar-refractivity contribution in [3.63, 3.8) is 0 Å². The Morgan fingerprint density at radius 2 is 2.00 bits per heavy atom. The molecule has 2 fully saturated rings. The lowest BCUT2D eigenvalue weighted by atomic mass is 10.1. The van der Waals surface area contributed by atoms with Crippen molar-refractivity contribution in [3.05, 3.63) is 0 Å². The molecule has 2 aliphatic rings. The molecule has 19 heavy (non-hydrogen) atoms. The maximum absolute atomic E-state index is 11.8. The van der Waals surface area contributed by atoms with Gasteiger partial charge in [-0.15, -0.1) is 11.8 Å². The average Bonchev–Trinajstić information content (AvgIpc) is 2.41. The Kier molecular flexibility index (Phi) is 5.21. The molecule has 0 radical (unpaired) electrons. The van der Waals surface area contributed by atoms with Crippen molar-refractivity contribution in [3.8, 4) is 0 Å². The molecule has 2 aliphatic heterocycles. The second-order valence-electron chi connectivity index (χ2n) is 4.83. The maximum atomic E-state index is 11.8. The fourth-order valence-electron chi connectivity index (χ4n) is 2.22. The first-order valence-corrected chi connectivity index (χ1v) is 7.65. The molecule has 7 heteroatoms. The number of hydrogen-bond donors (Lipinski definition) is 3. The van der Waals surface area contributed by atoms with Crippen LogP contribution >= 0.6 is 11.8 Å². The quantitative estimate of drug-likeness (QED) is 0.600. The van der Waals surface area contributed by atoms with Gasteiger partial charge in [-0.2, -0.15) is 0 Å². The number of imide groups is 1. The molecule has 0 bridgehead atoms. The molecule has 2 heterocycles. The zero-order valence-corrected chi connectivity index (χ0v) is 11.6. The Bertz CT molecular complexity index is 369. The first kappa shape index (κ1) is 14.3. The highest BCUT2D eigenvalue weighted by molar-refractivity contribution is 8.00. The van der Waals surface area contributed by atoms with Crippen LogP contribution in [0.25, 0.3) is 0 Å². The van der Waals surface area contributed by atoms with E-state index in [0.29, 0.717) is 17.4 Å². The number of rotatable bonds is 4. The number of amides is 3. The summed E-state index contributed by atoms with van der Waals surface area (Å²) in [5, 5.41) is 8.72. The molecular weight excluding hydrogens is 266 g/mol. The molecule has 0 aliphatic carbocycles. The van der Waals surface area contributed by atoms with Crippen molar-refractivity contribution in [2.24, 2.45) is 0 Å². The summed E-state index contributed by atoms with van der Waals surface area (Å²) < 4.78 is 0. The second kappa shape index (κ2) is 6.91. The van der Waals surface area contributed by atoms with E-state index in [-0.39, 0.29) is 18.2 Å². The summed E-state index contributed by atoms with van der Waals surface area (Å²) in [4.78, 5) is 34.2. The lowest BCUT2D eigenvalue weighted by Crippen LogP contribution is -2.52. The summed E-state index contributed by atoms with van der Waals surface area (Å²) in [6.07, 6.45) is 2.85. The van der Waals surface area contributed by atoms with E-state index in [1.165, 1.54) is 0 Å². The van der Waals surface area contributed by atoms with Gasteiger partial charge < -0.3 is 10.6 Å². The van der Waals surface area contributed by atoms with Crippen LogP contribution in [0.3, 0.4) is 0 Å². The summed E-state index contributed by atoms with van der Waals surface area (Å²) in [5.74, 6) is -0.406. The SMILES string of the molecule is O=C1CCC(NC(=O)CSC2CCNCC2)C(=O)N1. The fraction of sp³-hybridized carbons (Fsp3) is 0.750. The summed E-state index contributed by atoms with van der Waals surface area (Å²) in [7, 11) is 0. The van der Waals surface area contributed by atoms with Crippen LogP contribution in [0.5, 0.6) is 0 Å². The van der Waals surface area contributed by atoms with Gasteiger partial charge in [0.15, 0.2) is 0 Å². The molecule has 2 rings (SSSR count). The molecule has 2 saturated heterocycles. The van der Waals surface area contributed by atoms with Crippen LogP contribution in [0.2, 0.25) is 0 Å². The molecule has 0 aromatic carbocycles. The topological polar surface area (TPSA) is 87.3 Å². The number of carbonyl (C=O) groups is 3. The van der Waals surface area contributed by atoms with Gasteiger partial charge in [0.1, 0.15) is 6.04 Å². The fourth-order valence-corrected chi connectivity index (χ4v) is 3.26. The largest absolute Gasteiger partial charge is 0.344 e. The predicted molar refractivity (Wildman–Crippen MR) is 72.7 cm³/mol. The van der Waals surface area contributed by atoms with Crippen molar-refractivity contribution in [2.45, 2.75) is 37.0 Å². The van der Waals surface area contributed by atoms with Crippen LogP contribution in [0.15, 0.2) is 0 Å². The van der Waals surface area contributed by atoms with Gasteiger partial charge in [-0.3, -0.25) is 19.7 Å². The molecule has 3 amide bonds. The van der Waals surface area contributed by atoms with Gasteiger partial charge in [0.25, 0.3) is 0 Å². The Morgan fingerprint density at radius 3 is 2.68 bits per heavy atom. The number of piperidine rings is 2. The number of thioether (sulfide) groups is 1. The smallest absolute Gasteiger partial charge is 0.249 e. The number of nitrogens with one attached hydrogen (secondary N) is 3. The minimum absolute atomic E-state index is 0.127. The van der Waals surface area contributed by atoms with Gasteiger partial charge in [-0.25, -0.2) is 0 Å². The first-order chi connectivity index (χ1) is 9.15. The van der Waals surface area contributed by atoms with Gasteiger partial charge in [0, 0.05) is 11.7 Å². The molecule has 1 unspecified atom stereocenters. The van der Waals surface area contributed by atoms with E-state index >= 15 is 0 Å². The Hall–Kier alpha value is -1.08. The predicted octanol–water partition coefficient (Wildman–Crippen LogP) is -0.607. The molecular formula is C12H19N3O3S. The van der Waals surface area contributed by atoms with Crippen molar-refractivity contribution < 1.29 is 14.4 Å². The van der Waals surface area contributed by atoms with E-state index in [9.17, 15) is 14.4 Å². The molecule has 1 atom stereocenters. The minimum atomic E-state index is -0.557. The molecule has 0 spiro atoms. The van der Waals surface area contributed by atoms with Gasteiger partial charge in [0.05, 0.1) is 5.75 Å². The Balaban J connectivity index is 1.68. The van der Waals surface area contributed by atoms with E-state index in [4.69, 9.17) is 0 Å². The van der Waals surface area contributed by atoms with Crippen LogP contribution in [0.4, 0.5) is 0 Å². The molecule has 6 nitrogen and oxygen atoms in total. The Labute approximate surface area is 116 Å². The highest BCUT2D eigenvalue weighted by Gasteiger charge is 2.27. The normalized spacial score (nSPS) is 24.9. The summed E-state index contributed by atoms with van der Waals surface area (Å²) >= 11 is 1.65. The summed E-state index contributed by atoms with van der Waals surface area (Å²) in [6.45, 7) is 2.01. The molecule has 3 N–H and O–H groups in total. The van der Waals surface area contributed by atoms with Gasteiger partial charge >= 0.3 is 0 Å². The standard InChI is InChI=1S/C12H19N3O3S/c16-10-2-1-9(12(18)15-10)14-11(17)7-19-8-3-5-13-6-4-8/h8-9,13H,1-7H2,(H,14,17)(H,15,16,18). The van der Waals surface area contributed by atoms with Crippen LogP contribution in [0.1, 0.15) is 25.7 Å². The highest BCUT2D eigenvalue weighted by Crippen LogP contribution is 2.19. The van der Waals surface area contributed by atoms with E-state index in [0.717, 1.165) is 25.9 Å². The molecule has 0 saturated carbocycles. The summed E-state index contributed by atoms with van der Waals surface area (Å²) in [6, 6.07) is -0.557. The second-order valence-corrected chi connectivity index (χ2v) is 6.12. The van der Waals surface area contributed by atoms with Crippen molar-refractivity contribution in [2.75, 3.05) is 18.8 Å². The zero-order valence-electron chi connectivity index (χ0n) is 10.7. The van der Waals surface area contributed by atoms with Gasteiger partial charge in [0.2, 0.25) is 17.7 Å². The lowest BCUT2D eigenvalue weighted by Gasteiger charge is -2.24. The van der Waals surface area contributed by atoms with Crippen LogP contribution in [-0.2, 0) is 14.4 Å². The van der Waals surface area contributed by atoms with Crippen LogP contribution < -0.4 is 16.0 Å².